The minimum absolute atomic E-state index is 0.148. The number of nitrogens with zero attached hydrogens (tertiary/aromatic N) is 1. The third kappa shape index (κ3) is 6.42. The van der Waals surface area contributed by atoms with Crippen LogP contribution in [-0.4, -0.2) is 0 Å². The zero-order valence-electron chi connectivity index (χ0n) is 40.9. The summed E-state index contributed by atoms with van der Waals surface area (Å²) in [6.07, 6.45) is 0. The number of rotatable bonds is 8. The highest BCUT2D eigenvalue weighted by atomic mass is 15.2. The number of hydrogen-bond acceptors (Lipinski definition) is 1. The van der Waals surface area contributed by atoms with Gasteiger partial charge >= 0.3 is 0 Å². The Balaban J connectivity index is 1.14. The van der Waals surface area contributed by atoms with Crippen molar-refractivity contribution < 1.29 is 0 Å². The Morgan fingerprint density at radius 3 is 1.45 bits per heavy atom. The van der Waals surface area contributed by atoms with Gasteiger partial charge in [0.05, 0.1) is 16.8 Å². The molecule has 0 saturated carbocycles. The molecule has 2 aliphatic rings. The fraction of sp³-hybridized carbons (Fsp3) is 0.0556. The lowest BCUT2D eigenvalue weighted by Crippen LogP contribution is -2.28. The first-order chi connectivity index (χ1) is 36.0. The molecule has 0 spiro atoms. The van der Waals surface area contributed by atoms with Gasteiger partial charge in [-0.15, -0.1) is 0 Å². The average molecular weight is 930 g/mol. The number of anilines is 3. The van der Waals surface area contributed by atoms with E-state index in [9.17, 15) is 0 Å². The first-order valence-corrected chi connectivity index (χ1v) is 25.6. The molecule has 14 rings (SSSR count). The third-order valence-electron chi connectivity index (χ3n) is 16.1. The molecule has 0 saturated heterocycles. The van der Waals surface area contributed by atoms with Crippen molar-refractivity contribution in [1.82, 2.24) is 0 Å². The SMILES string of the molecule is CC1(C)c2ccccc2-c2cc(N(c3cccc(-c4ccccc4)c3-c3ccccc3)c3c(-c4ccc5c(c4)C(c4ccccc4)(c4ccccc4)c4ccccc4-5)c4ccccc4c4ccccc34)ccc21. The molecule has 12 aromatic rings. The first kappa shape index (κ1) is 42.8. The molecular weight excluding hydrogens is 879 g/mol. The quantitative estimate of drug-likeness (QED) is 0.137. The van der Waals surface area contributed by atoms with Gasteiger partial charge in [-0.3, -0.25) is 0 Å². The van der Waals surface area contributed by atoms with E-state index in [1.165, 1.54) is 99.4 Å². The highest BCUT2D eigenvalue weighted by Gasteiger charge is 2.46. The summed E-state index contributed by atoms with van der Waals surface area (Å²) in [5.74, 6) is 0. The fourth-order valence-corrected chi connectivity index (χ4v) is 13.0. The van der Waals surface area contributed by atoms with Gasteiger partial charge in [0.15, 0.2) is 0 Å². The Morgan fingerprint density at radius 2 is 0.781 bits per heavy atom. The standard InChI is InChI=1S/C72H51N/c1-71(2)63-39-21-19-35-58(63)62-47-53(43-45-64(62)71)73(67-41-23-38-54(48-24-7-3-8-25-48)68(67)49-26-9-4-10-27-49)70-61-37-18-16-33-56(61)55-32-15-17-36-60(55)69(70)50-42-44-59-57-34-20-22-40-65(57)72(66(59)46-50,51-28-11-5-12-29-51)52-30-13-6-14-31-52/h3-47H,1-2H3. The smallest absolute Gasteiger partial charge is 0.0713 e. The van der Waals surface area contributed by atoms with Crippen molar-refractivity contribution in [2.75, 3.05) is 4.90 Å². The lowest BCUT2D eigenvalue weighted by atomic mass is 9.67. The van der Waals surface area contributed by atoms with Gasteiger partial charge < -0.3 is 4.90 Å². The van der Waals surface area contributed by atoms with Crippen molar-refractivity contribution in [2.24, 2.45) is 0 Å². The molecule has 0 aromatic heterocycles. The molecule has 0 heterocycles. The molecule has 344 valence electrons. The minimum atomic E-state index is -0.568. The molecule has 2 aliphatic carbocycles. The first-order valence-electron chi connectivity index (χ1n) is 25.6. The van der Waals surface area contributed by atoms with Crippen LogP contribution in [0.15, 0.2) is 273 Å². The second-order valence-corrected chi connectivity index (χ2v) is 20.3. The lowest BCUT2D eigenvalue weighted by Gasteiger charge is -2.35. The van der Waals surface area contributed by atoms with Crippen LogP contribution in [0.2, 0.25) is 0 Å². The molecule has 73 heavy (non-hydrogen) atoms. The van der Waals surface area contributed by atoms with Gasteiger partial charge in [-0.25, -0.2) is 0 Å². The van der Waals surface area contributed by atoms with E-state index in [1.54, 1.807) is 0 Å². The van der Waals surface area contributed by atoms with Crippen LogP contribution in [0.3, 0.4) is 0 Å². The van der Waals surface area contributed by atoms with Crippen LogP contribution in [0.1, 0.15) is 47.2 Å². The Morgan fingerprint density at radius 1 is 0.288 bits per heavy atom. The van der Waals surface area contributed by atoms with Crippen LogP contribution in [-0.2, 0) is 10.8 Å². The van der Waals surface area contributed by atoms with Gasteiger partial charge in [-0.05, 0) is 118 Å². The Hall–Kier alpha value is -9.04. The molecule has 0 atom stereocenters. The second-order valence-electron chi connectivity index (χ2n) is 20.3. The summed E-state index contributed by atoms with van der Waals surface area (Å²) in [5, 5.41) is 4.83. The Kier molecular flexibility index (Phi) is 9.85. The molecule has 0 radical (unpaired) electrons. The minimum Gasteiger partial charge on any atom is -0.309 e. The zero-order valence-corrected chi connectivity index (χ0v) is 40.9. The van der Waals surface area contributed by atoms with Crippen LogP contribution < -0.4 is 4.90 Å². The van der Waals surface area contributed by atoms with Crippen LogP contribution in [0, 0.1) is 0 Å². The lowest BCUT2D eigenvalue weighted by molar-refractivity contribution is 0.660. The topological polar surface area (TPSA) is 3.24 Å². The predicted molar refractivity (Wildman–Crippen MR) is 307 cm³/mol. The highest BCUT2D eigenvalue weighted by Crippen LogP contribution is 2.59. The van der Waals surface area contributed by atoms with E-state index in [0.29, 0.717) is 0 Å². The molecule has 1 nitrogen and oxygen atoms in total. The second kappa shape index (κ2) is 16.8. The van der Waals surface area contributed by atoms with E-state index in [0.717, 1.165) is 28.2 Å². The van der Waals surface area contributed by atoms with Crippen molar-refractivity contribution in [1.29, 1.82) is 0 Å². The Labute approximate surface area is 428 Å². The van der Waals surface area contributed by atoms with Crippen LogP contribution >= 0.6 is 0 Å². The molecule has 0 bridgehead atoms. The van der Waals surface area contributed by atoms with Crippen molar-refractivity contribution in [2.45, 2.75) is 24.7 Å². The number of hydrogen-bond donors (Lipinski definition) is 0. The monoisotopic (exact) mass is 929 g/mol. The molecule has 0 unspecified atom stereocenters. The van der Waals surface area contributed by atoms with Gasteiger partial charge in [0.2, 0.25) is 0 Å². The largest absolute Gasteiger partial charge is 0.309 e. The van der Waals surface area contributed by atoms with E-state index in [4.69, 9.17) is 0 Å². The molecule has 0 N–H and O–H groups in total. The number of benzene rings is 12. The molecule has 1 heteroatoms. The van der Waals surface area contributed by atoms with Gasteiger partial charge in [0.1, 0.15) is 0 Å². The van der Waals surface area contributed by atoms with Crippen molar-refractivity contribution in [3.63, 3.8) is 0 Å². The molecule has 0 fully saturated rings. The van der Waals surface area contributed by atoms with Crippen molar-refractivity contribution in [3.05, 3.63) is 306 Å². The third-order valence-corrected chi connectivity index (χ3v) is 16.1. The highest BCUT2D eigenvalue weighted by molar-refractivity contribution is 6.23. The summed E-state index contributed by atoms with van der Waals surface area (Å²) >= 11 is 0. The van der Waals surface area contributed by atoms with Crippen LogP contribution in [0.25, 0.3) is 77.2 Å². The zero-order chi connectivity index (χ0) is 48.7. The molecule has 0 amide bonds. The van der Waals surface area contributed by atoms with Crippen molar-refractivity contribution in [3.8, 4) is 55.6 Å². The van der Waals surface area contributed by atoms with Gasteiger partial charge in [0.25, 0.3) is 0 Å². The summed E-state index contributed by atoms with van der Waals surface area (Å²) in [5.41, 5.74) is 22.6. The van der Waals surface area contributed by atoms with Gasteiger partial charge in [0, 0.05) is 27.6 Å². The summed E-state index contributed by atoms with van der Waals surface area (Å²) in [6, 6.07) is 102. The summed E-state index contributed by atoms with van der Waals surface area (Å²) in [7, 11) is 0. The van der Waals surface area contributed by atoms with E-state index < -0.39 is 5.41 Å². The molecular formula is C72H51N. The summed E-state index contributed by atoms with van der Waals surface area (Å²) < 4.78 is 0. The van der Waals surface area contributed by atoms with Crippen molar-refractivity contribution >= 4 is 38.6 Å². The van der Waals surface area contributed by atoms with E-state index in [-0.39, 0.29) is 5.41 Å². The maximum absolute atomic E-state index is 2.62. The van der Waals surface area contributed by atoms with E-state index >= 15 is 0 Å². The summed E-state index contributed by atoms with van der Waals surface area (Å²) in [4.78, 5) is 2.62. The normalized spacial score (nSPS) is 13.6. The van der Waals surface area contributed by atoms with E-state index in [2.05, 4.69) is 292 Å². The van der Waals surface area contributed by atoms with Gasteiger partial charge in [-0.1, -0.05) is 263 Å². The van der Waals surface area contributed by atoms with Gasteiger partial charge in [-0.2, -0.15) is 0 Å². The predicted octanol–water partition coefficient (Wildman–Crippen LogP) is 19.1. The van der Waals surface area contributed by atoms with E-state index in [1.807, 2.05) is 0 Å². The molecule has 12 aromatic carbocycles. The average Bonchev–Trinajstić information content (AvgIpc) is 3.88. The number of fused-ring (bicyclic) bond motifs is 9. The van der Waals surface area contributed by atoms with Crippen LogP contribution in [0.4, 0.5) is 17.1 Å². The van der Waals surface area contributed by atoms with Crippen LogP contribution in [0.5, 0.6) is 0 Å². The maximum Gasteiger partial charge on any atom is 0.0713 e. The summed E-state index contributed by atoms with van der Waals surface area (Å²) in [6.45, 7) is 4.75. The maximum atomic E-state index is 2.62. The molecule has 0 aliphatic heterocycles. The Bertz CT molecular complexity index is 4060. The fourth-order valence-electron chi connectivity index (χ4n) is 13.0.